The van der Waals surface area contributed by atoms with Crippen LogP contribution >= 0.6 is 0 Å². The lowest BCUT2D eigenvalue weighted by Gasteiger charge is -2.05. The maximum Gasteiger partial charge on any atom is 0.0347 e. The monoisotopic (exact) mass is 194 g/mol. The lowest BCUT2D eigenvalue weighted by Crippen LogP contribution is -1.89. The van der Waals surface area contributed by atoms with E-state index >= 15 is 0 Å². The fourth-order valence-electron chi connectivity index (χ4n) is 2.02. The first kappa shape index (κ1) is 8.36. The molecule has 0 amide bonds. The van der Waals surface area contributed by atoms with Gasteiger partial charge in [0.15, 0.2) is 0 Å². The number of aryl methyl sites for hydroxylation is 1. The van der Waals surface area contributed by atoms with E-state index in [1.54, 1.807) is 0 Å². The summed E-state index contributed by atoms with van der Waals surface area (Å²) < 4.78 is 0. The normalized spacial score (nSPS) is 13.1. The van der Waals surface area contributed by atoms with Crippen molar-refractivity contribution in [3.8, 4) is 0 Å². The van der Waals surface area contributed by atoms with Crippen LogP contribution in [0.1, 0.15) is 16.7 Å². The van der Waals surface area contributed by atoms with Crippen LogP contribution in [0.3, 0.4) is 0 Å². The Morgan fingerprint density at radius 2 is 2.00 bits per heavy atom. The van der Waals surface area contributed by atoms with Crippen molar-refractivity contribution in [1.82, 2.24) is 4.98 Å². The van der Waals surface area contributed by atoms with Crippen LogP contribution in [0.5, 0.6) is 0 Å². The van der Waals surface area contributed by atoms with Crippen LogP contribution in [0.25, 0.3) is 16.8 Å². The lowest BCUT2D eigenvalue weighted by molar-refractivity contribution is 1.35. The fourth-order valence-corrected chi connectivity index (χ4v) is 2.02. The van der Waals surface area contributed by atoms with Crippen molar-refractivity contribution in [2.75, 3.05) is 0 Å². The van der Waals surface area contributed by atoms with Crippen molar-refractivity contribution in [3.05, 3.63) is 47.4 Å². The highest BCUT2D eigenvalue weighted by Gasteiger charge is 2.06. The number of aliphatic imine (C=N–C) groups is 1. The molecule has 1 aliphatic heterocycles. The van der Waals surface area contributed by atoms with Crippen molar-refractivity contribution < 1.29 is 0 Å². The van der Waals surface area contributed by atoms with Crippen LogP contribution in [0.2, 0.25) is 0 Å². The van der Waals surface area contributed by atoms with E-state index in [0.717, 1.165) is 5.56 Å². The number of rotatable bonds is 0. The standard InChI is InChI=1S/C13H10N2/c1-9-4-11-7-14-3-2-10-6-15-8-12(5-9)13(10)11/h2-8H,1H3. The molecule has 0 bridgehead atoms. The number of pyridine rings is 1. The summed E-state index contributed by atoms with van der Waals surface area (Å²) in [7, 11) is 0. The summed E-state index contributed by atoms with van der Waals surface area (Å²) in [6.07, 6.45) is 9.50. The topological polar surface area (TPSA) is 25.2 Å². The van der Waals surface area contributed by atoms with Crippen molar-refractivity contribution in [3.63, 3.8) is 0 Å². The Balaban J connectivity index is 2.54. The summed E-state index contributed by atoms with van der Waals surface area (Å²) in [5.41, 5.74) is 3.55. The van der Waals surface area contributed by atoms with Gasteiger partial charge in [-0.05, 0) is 30.7 Å². The van der Waals surface area contributed by atoms with E-state index in [1.807, 2.05) is 30.9 Å². The smallest absolute Gasteiger partial charge is 0.0347 e. The van der Waals surface area contributed by atoms with Gasteiger partial charge in [0.2, 0.25) is 0 Å². The second-order valence-corrected chi connectivity index (χ2v) is 3.77. The molecule has 0 atom stereocenters. The Hall–Kier alpha value is -1.96. The summed E-state index contributed by atoms with van der Waals surface area (Å²) in [5.74, 6) is 0. The molecule has 2 aromatic rings. The van der Waals surface area contributed by atoms with Gasteiger partial charge in [0, 0.05) is 46.7 Å². The molecule has 0 aliphatic carbocycles. The van der Waals surface area contributed by atoms with Crippen molar-refractivity contribution in [1.29, 1.82) is 0 Å². The van der Waals surface area contributed by atoms with E-state index < -0.39 is 0 Å². The van der Waals surface area contributed by atoms with Gasteiger partial charge in [-0.25, -0.2) is 0 Å². The minimum absolute atomic E-state index is 1.14. The highest BCUT2D eigenvalue weighted by atomic mass is 14.7. The van der Waals surface area contributed by atoms with E-state index in [1.165, 1.54) is 21.9 Å². The number of hydrogen-bond donors (Lipinski definition) is 0. The van der Waals surface area contributed by atoms with Gasteiger partial charge in [0.25, 0.3) is 0 Å². The second kappa shape index (κ2) is 3.02. The zero-order chi connectivity index (χ0) is 10.3. The molecule has 2 heterocycles. The summed E-state index contributed by atoms with van der Waals surface area (Å²) in [6.45, 7) is 2.09. The molecule has 15 heavy (non-hydrogen) atoms. The Morgan fingerprint density at radius 1 is 1.07 bits per heavy atom. The molecule has 2 heteroatoms. The Bertz CT molecular complexity index is 595. The quantitative estimate of drug-likeness (QED) is 0.633. The molecule has 2 nitrogen and oxygen atoms in total. The Labute approximate surface area is 88.0 Å². The fraction of sp³-hybridized carbons (Fsp3) is 0.0769. The first-order valence-electron chi connectivity index (χ1n) is 4.93. The van der Waals surface area contributed by atoms with Crippen molar-refractivity contribution in [2.45, 2.75) is 6.92 Å². The summed E-state index contributed by atoms with van der Waals surface area (Å²) >= 11 is 0. The van der Waals surface area contributed by atoms with Gasteiger partial charge in [0.05, 0.1) is 0 Å². The zero-order valence-electron chi connectivity index (χ0n) is 8.44. The largest absolute Gasteiger partial charge is 0.264 e. The zero-order valence-corrected chi connectivity index (χ0v) is 8.44. The van der Waals surface area contributed by atoms with Crippen LogP contribution in [0, 0.1) is 6.92 Å². The number of hydrogen-bond acceptors (Lipinski definition) is 2. The minimum Gasteiger partial charge on any atom is -0.264 e. The van der Waals surface area contributed by atoms with E-state index in [-0.39, 0.29) is 0 Å². The molecule has 0 N–H and O–H groups in total. The predicted molar refractivity (Wildman–Crippen MR) is 63.1 cm³/mol. The average Bonchev–Trinajstić information content (AvgIpc) is 2.42. The third-order valence-electron chi connectivity index (χ3n) is 2.61. The molecule has 1 aliphatic rings. The highest BCUT2D eigenvalue weighted by Crippen LogP contribution is 2.25. The van der Waals surface area contributed by atoms with Crippen LogP contribution in [-0.2, 0) is 0 Å². The molecule has 0 radical (unpaired) electrons. The minimum atomic E-state index is 1.14. The van der Waals surface area contributed by atoms with Crippen LogP contribution in [0.15, 0.2) is 35.7 Å². The second-order valence-electron chi connectivity index (χ2n) is 3.77. The van der Waals surface area contributed by atoms with Gasteiger partial charge in [-0.3, -0.25) is 9.98 Å². The van der Waals surface area contributed by atoms with Gasteiger partial charge >= 0.3 is 0 Å². The van der Waals surface area contributed by atoms with E-state index in [2.05, 4.69) is 29.0 Å². The van der Waals surface area contributed by atoms with Crippen molar-refractivity contribution in [2.24, 2.45) is 4.99 Å². The van der Waals surface area contributed by atoms with Crippen LogP contribution < -0.4 is 0 Å². The molecular formula is C13H10N2. The van der Waals surface area contributed by atoms with Crippen molar-refractivity contribution >= 4 is 23.1 Å². The molecule has 0 fully saturated rings. The predicted octanol–water partition coefficient (Wildman–Crippen LogP) is 2.95. The van der Waals surface area contributed by atoms with Gasteiger partial charge in [-0.2, -0.15) is 0 Å². The molecule has 0 saturated carbocycles. The summed E-state index contributed by atoms with van der Waals surface area (Å²) in [6, 6.07) is 4.31. The van der Waals surface area contributed by atoms with Gasteiger partial charge in [-0.1, -0.05) is 0 Å². The van der Waals surface area contributed by atoms with E-state index in [0.29, 0.717) is 0 Å². The van der Waals surface area contributed by atoms with Crippen LogP contribution in [0.4, 0.5) is 0 Å². The lowest BCUT2D eigenvalue weighted by atomic mass is 10.0. The molecule has 3 rings (SSSR count). The third kappa shape index (κ3) is 1.26. The van der Waals surface area contributed by atoms with Gasteiger partial charge < -0.3 is 0 Å². The van der Waals surface area contributed by atoms with Gasteiger partial charge in [-0.15, -0.1) is 0 Å². The SMILES string of the molecule is Cc1cc2c3c(cncc3c1)C=CN=C2. The number of aromatic nitrogens is 1. The van der Waals surface area contributed by atoms with E-state index in [9.17, 15) is 0 Å². The maximum atomic E-state index is 4.23. The van der Waals surface area contributed by atoms with Gasteiger partial charge in [0.1, 0.15) is 0 Å². The molecule has 1 aromatic carbocycles. The average molecular weight is 194 g/mol. The first-order valence-corrected chi connectivity index (χ1v) is 4.93. The molecule has 0 spiro atoms. The van der Waals surface area contributed by atoms with Crippen LogP contribution in [-0.4, -0.2) is 11.2 Å². The maximum absolute atomic E-state index is 4.23. The number of nitrogens with zero attached hydrogens (tertiary/aromatic N) is 2. The third-order valence-corrected chi connectivity index (χ3v) is 2.61. The first-order chi connectivity index (χ1) is 7.34. The van der Waals surface area contributed by atoms with E-state index in [4.69, 9.17) is 0 Å². The molecular weight excluding hydrogens is 184 g/mol. The molecule has 1 aromatic heterocycles. The Kier molecular flexibility index (Phi) is 1.68. The highest BCUT2D eigenvalue weighted by molar-refractivity contribution is 6.05. The molecule has 0 saturated heterocycles. The molecule has 0 unspecified atom stereocenters. The number of benzene rings is 1. The summed E-state index contributed by atoms with van der Waals surface area (Å²) in [4.78, 5) is 8.45. The molecule has 72 valence electrons. The summed E-state index contributed by atoms with van der Waals surface area (Å²) in [5, 5.41) is 2.42. The Morgan fingerprint density at radius 3 is 2.93 bits per heavy atom.